The number of carbonyl (C=O) groups is 1. The summed E-state index contributed by atoms with van der Waals surface area (Å²) in [4.78, 5) is 14.7. The van der Waals surface area contributed by atoms with Gasteiger partial charge in [-0.25, -0.2) is 4.98 Å². The highest BCUT2D eigenvalue weighted by molar-refractivity contribution is 5.77. The van der Waals surface area contributed by atoms with Gasteiger partial charge in [-0.05, 0) is 26.3 Å². The minimum Gasteiger partial charge on any atom is -0.353 e. The van der Waals surface area contributed by atoms with Crippen molar-refractivity contribution in [2.24, 2.45) is 0 Å². The average molecular weight is 332 g/mol. The Labute approximate surface area is 144 Å². The van der Waals surface area contributed by atoms with Gasteiger partial charge in [-0.15, -0.1) is 13.2 Å². The van der Waals surface area contributed by atoms with Crippen LogP contribution < -0.4 is 0 Å². The first kappa shape index (κ1) is 21.8. The Hall–Kier alpha value is -2.24. The number of aldehydes is 1. The molecule has 0 saturated carbocycles. The van der Waals surface area contributed by atoms with Gasteiger partial charge in [-0.2, -0.15) is 0 Å². The number of hydrogen-bond acceptors (Lipinski definition) is 4. The van der Waals surface area contributed by atoms with Gasteiger partial charge < -0.3 is 14.0 Å². The fraction of sp³-hybridized carbons (Fsp3) is 0.368. The van der Waals surface area contributed by atoms with E-state index in [1.54, 1.807) is 12.5 Å². The molecule has 2 aromatic rings. The summed E-state index contributed by atoms with van der Waals surface area (Å²) >= 11 is 0. The summed E-state index contributed by atoms with van der Waals surface area (Å²) in [7, 11) is 0. The van der Waals surface area contributed by atoms with E-state index in [1.165, 1.54) is 0 Å². The summed E-state index contributed by atoms with van der Waals surface area (Å²) in [6.45, 7) is 13.9. The predicted molar refractivity (Wildman–Crippen MR) is 97.1 cm³/mol. The Morgan fingerprint density at radius 2 is 1.83 bits per heavy atom. The number of imidazole rings is 1. The quantitative estimate of drug-likeness (QED) is 0.438. The summed E-state index contributed by atoms with van der Waals surface area (Å²) in [5.41, 5.74) is 1.75. The minimum atomic E-state index is -0.0370. The fourth-order valence-corrected chi connectivity index (χ4v) is 1.89. The topological polar surface area (TPSA) is 53.4 Å². The van der Waals surface area contributed by atoms with Gasteiger partial charge >= 0.3 is 0 Å². The molecule has 1 heterocycles. The van der Waals surface area contributed by atoms with Gasteiger partial charge in [0.2, 0.25) is 0 Å². The first-order valence-electron chi connectivity index (χ1n) is 7.93. The maximum Gasteiger partial charge on any atom is 0.154 e. The molecule has 0 aliphatic rings. The molecule has 0 bridgehead atoms. The lowest BCUT2D eigenvalue weighted by Crippen LogP contribution is -2.11. The van der Waals surface area contributed by atoms with Crippen molar-refractivity contribution in [3.8, 4) is 0 Å². The van der Waals surface area contributed by atoms with Crippen molar-refractivity contribution in [3.63, 3.8) is 0 Å². The Balaban J connectivity index is 0.000000456. The van der Waals surface area contributed by atoms with E-state index in [4.69, 9.17) is 9.47 Å². The second-order valence-corrected chi connectivity index (χ2v) is 4.53. The summed E-state index contributed by atoms with van der Waals surface area (Å²) < 4.78 is 12.1. The third kappa shape index (κ3) is 9.02. The molecule has 24 heavy (non-hydrogen) atoms. The van der Waals surface area contributed by atoms with E-state index < -0.39 is 0 Å². The SMILES string of the molecule is C=C.CCOC(C)OCC.O=Cc1ccccc1Cn1ccnc1. The van der Waals surface area contributed by atoms with Gasteiger partial charge in [0.1, 0.15) is 6.29 Å². The number of aromatic nitrogens is 2. The zero-order valence-electron chi connectivity index (χ0n) is 14.9. The van der Waals surface area contributed by atoms with Crippen LogP contribution in [0.15, 0.2) is 56.1 Å². The molecule has 5 heteroatoms. The third-order valence-corrected chi connectivity index (χ3v) is 2.90. The summed E-state index contributed by atoms with van der Waals surface area (Å²) in [6.07, 6.45) is 6.18. The Morgan fingerprint density at radius 1 is 1.21 bits per heavy atom. The molecular weight excluding hydrogens is 304 g/mol. The monoisotopic (exact) mass is 332 g/mol. The molecule has 0 saturated heterocycles. The van der Waals surface area contributed by atoms with Crippen molar-refractivity contribution in [1.82, 2.24) is 9.55 Å². The predicted octanol–water partition coefficient (Wildman–Crippen LogP) is 3.95. The van der Waals surface area contributed by atoms with Gasteiger partial charge in [-0.3, -0.25) is 4.79 Å². The Morgan fingerprint density at radius 3 is 2.33 bits per heavy atom. The van der Waals surface area contributed by atoms with Crippen molar-refractivity contribution in [1.29, 1.82) is 0 Å². The number of hydrogen-bond donors (Lipinski definition) is 0. The zero-order chi connectivity index (χ0) is 18.2. The number of rotatable bonds is 7. The molecule has 2 rings (SSSR count). The molecule has 0 aliphatic carbocycles. The average Bonchev–Trinajstić information content (AvgIpc) is 3.11. The van der Waals surface area contributed by atoms with Gasteiger partial charge in [0.15, 0.2) is 6.29 Å². The normalized spacial score (nSPS) is 9.50. The largest absolute Gasteiger partial charge is 0.353 e. The van der Waals surface area contributed by atoms with Crippen LogP contribution in [0, 0.1) is 0 Å². The number of nitrogens with zero attached hydrogens (tertiary/aromatic N) is 2. The smallest absolute Gasteiger partial charge is 0.154 e. The molecule has 0 atom stereocenters. The molecular formula is C19H28N2O3. The summed E-state index contributed by atoms with van der Waals surface area (Å²) in [5.74, 6) is 0. The van der Waals surface area contributed by atoms with Crippen LogP contribution in [0.5, 0.6) is 0 Å². The van der Waals surface area contributed by atoms with E-state index in [1.807, 2.05) is 55.8 Å². The second kappa shape index (κ2) is 14.4. The lowest BCUT2D eigenvalue weighted by molar-refractivity contribution is -0.123. The van der Waals surface area contributed by atoms with Gasteiger partial charge in [-0.1, -0.05) is 24.3 Å². The first-order chi connectivity index (χ1) is 11.7. The van der Waals surface area contributed by atoms with E-state index in [2.05, 4.69) is 18.1 Å². The lowest BCUT2D eigenvalue weighted by Gasteiger charge is -2.09. The molecule has 1 aromatic carbocycles. The van der Waals surface area contributed by atoms with Crippen LogP contribution in [0.25, 0.3) is 0 Å². The molecule has 0 spiro atoms. The van der Waals surface area contributed by atoms with Crippen molar-refractivity contribution in [2.45, 2.75) is 33.6 Å². The lowest BCUT2D eigenvalue weighted by atomic mass is 10.1. The van der Waals surface area contributed by atoms with Crippen molar-refractivity contribution >= 4 is 6.29 Å². The molecule has 1 aromatic heterocycles. The van der Waals surface area contributed by atoms with Crippen LogP contribution in [0.2, 0.25) is 0 Å². The standard InChI is InChI=1S/C11H10N2O.C6H14O2.C2H4/c14-8-11-4-2-1-3-10(11)7-13-6-5-12-9-13;1-4-7-6(3)8-5-2;1-2/h1-6,8-9H,7H2;6H,4-5H2,1-3H3;1-2H2. The maximum atomic E-state index is 10.7. The van der Waals surface area contributed by atoms with Gasteiger partial charge in [0.05, 0.1) is 6.33 Å². The van der Waals surface area contributed by atoms with Crippen LogP contribution in [0.4, 0.5) is 0 Å². The highest BCUT2D eigenvalue weighted by atomic mass is 16.7. The maximum absolute atomic E-state index is 10.7. The molecule has 132 valence electrons. The number of benzene rings is 1. The van der Waals surface area contributed by atoms with Crippen molar-refractivity contribution < 1.29 is 14.3 Å². The van der Waals surface area contributed by atoms with Crippen molar-refractivity contribution in [2.75, 3.05) is 13.2 Å². The molecule has 0 N–H and O–H groups in total. The van der Waals surface area contributed by atoms with Crippen LogP contribution in [0.1, 0.15) is 36.7 Å². The van der Waals surface area contributed by atoms with Gasteiger partial charge in [0.25, 0.3) is 0 Å². The van der Waals surface area contributed by atoms with E-state index in [-0.39, 0.29) is 6.29 Å². The molecule has 0 radical (unpaired) electrons. The first-order valence-corrected chi connectivity index (χ1v) is 7.93. The third-order valence-electron chi connectivity index (χ3n) is 2.90. The summed E-state index contributed by atoms with van der Waals surface area (Å²) in [6, 6.07) is 7.56. The fourth-order valence-electron chi connectivity index (χ4n) is 1.89. The molecule has 5 nitrogen and oxygen atoms in total. The molecule has 0 amide bonds. The van der Waals surface area contributed by atoms with Crippen LogP contribution >= 0.6 is 0 Å². The van der Waals surface area contributed by atoms with E-state index in [0.717, 1.165) is 30.6 Å². The van der Waals surface area contributed by atoms with Crippen molar-refractivity contribution in [3.05, 3.63) is 67.3 Å². The van der Waals surface area contributed by atoms with Crippen LogP contribution in [-0.2, 0) is 16.0 Å². The molecule has 0 unspecified atom stereocenters. The number of carbonyl (C=O) groups excluding carboxylic acids is 1. The van der Waals surface area contributed by atoms with Crippen LogP contribution in [-0.4, -0.2) is 35.3 Å². The number of ether oxygens (including phenoxy) is 2. The Kier molecular flexibility index (Phi) is 13.0. The van der Waals surface area contributed by atoms with E-state index >= 15 is 0 Å². The zero-order valence-corrected chi connectivity index (χ0v) is 14.9. The Bertz CT molecular complexity index is 535. The van der Waals surface area contributed by atoms with E-state index in [0.29, 0.717) is 6.54 Å². The second-order valence-electron chi connectivity index (χ2n) is 4.53. The molecule has 0 fully saturated rings. The van der Waals surface area contributed by atoms with Crippen LogP contribution in [0.3, 0.4) is 0 Å². The minimum absolute atomic E-state index is 0.0370. The molecule has 0 aliphatic heterocycles. The highest BCUT2D eigenvalue weighted by Gasteiger charge is 2.00. The van der Waals surface area contributed by atoms with E-state index in [9.17, 15) is 4.79 Å². The highest BCUT2D eigenvalue weighted by Crippen LogP contribution is 2.07. The van der Waals surface area contributed by atoms with Gasteiger partial charge in [0, 0.05) is 37.7 Å². The summed E-state index contributed by atoms with van der Waals surface area (Å²) in [5, 5.41) is 0.